The van der Waals surface area contributed by atoms with Gasteiger partial charge in [-0.15, -0.1) is 0 Å². The van der Waals surface area contributed by atoms with Crippen molar-refractivity contribution < 1.29 is 39.7 Å². The van der Waals surface area contributed by atoms with Crippen molar-refractivity contribution in [3.63, 3.8) is 0 Å². The van der Waals surface area contributed by atoms with Crippen molar-refractivity contribution in [2.24, 2.45) is 11.8 Å². The first-order chi connectivity index (χ1) is 7.45. The zero-order valence-corrected chi connectivity index (χ0v) is 11.1. The van der Waals surface area contributed by atoms with E-state index < -0.39 is 0 Å². The fourth-order valence-electron chi connectivity index (χ4n) is 1.33. The Hall–Kier alpha value is -0.872. The molecule has 0 atom stereocenters. The molecule has 5 heteroatoms. The minimum absolute atomic E-state index is 0. The van der Waals surface area contributed by atoms with E-state index in [1.807, 2.05) is 0 Å². The summed E-state index contributed by atoms with van der Waals surface area (Å²) in [6.45, 7) is 18.0. The van der Waals surface area contributed by atoms with E-state index in [1.54, 1.807) is 0 Å². The van der Waals surface area contributed by atoms with Gasteiger partial charge in [0.1, 0.15) is 0 Å². The van der Waals surface area contributed by atoms with Crippen LogP contribution in [-0.4, -0.2) is 0 Å². The molecule has 0 amide bonds. The normalized spacial score (nSPS) is 19.5. The zero-order chi connectivity index (χ0) is 12.7. The molecule has 0 aromatic rings. The van der Waals surface area contributed by atoms with Crippen LogP contribution in [0.2, 0.25) is 0 Å². The van der Waals surface area contributed by atoms with Gasteiger partial charge in [-0.1, -0.05) is 24.3 Å². The second-order valence-corrected chi connectivity index (χ2v) is 2.33. The molecule has 0 fully saturated rings. The van der Waals surface area contributed by atoms with Gasteiger partial charge in [-0.3, -0.25) is 0 Å². The Kier molecular flexibility index (Phi) is 36.2. The first-order valence-electron chi connectivity index (χ1n) is 3.63. The number of rotatable bonds is 0. The molecule has 82 valence electrons. The van der Waals surface area contributed by atoms with E-state index in [0.717, 1.165) is 11.8 Å². The Balaban J connectivity index is -0.0000000705. The van der Waals surface area contributed by atoms with Crippen LogP contribution in [0.5, 0.6) is 0 Å². The van der Waals surface area contributed by atoms with Gasteiger partial charge in [0.15, 0.2) is 0 Å². The van der Waals surface area contributed by atoms with Crippen LogP contribution in [0.4, 0.5) is 0 Å². The smallest absolute Gasteiger partial charge is 0 e. The Bertz CT molecular complexity index is 221. The fourth-order valence-corrected chi connectivity index (χ4v) is 1.33. The maximum Gasteiger partial charge on any atom is 0 e. The summed E-state index contributed by atoms with van der Waals surface area (Å²) in [6, 6.07) is 0. The van der Waals surface area contributed by atoms with Crippen molar-refractivity contribution in [3.05, 3.63) is 50.9 Å². The molecule has 0 spiro atoms. The quantitative estimate of drug-likeness (QED) is 0.343. The van der Waals surface area contributed by atoms with Crippen LogP contribution in [0.1, 0.15) is 6.42 Å². The predicted molar refractivity (Wildman–Crippen MR) is 45.6 cm³/mol. The second-order valence-electron chi connectivity index (χ2n) is 2.33. The third-order valence-electron chi connectivity index (χ3n) is 1.76. The Labute approximate surface area is 109 Å². The molecule has 4 nitrogen and oxygen atoms in total. The van der Waals surface area contributed by atoms with E-state index in [0.29, 0.717) is 0 Å². The van der Waals surface area contributed by atoms with Crippen LogP contribution in [-0.2, 0) is 39.7 Å². The van der Waals surface area contributed by atoms with E-state index in [-0.39, 0.29) is 21.1 Å². The zero-order valence-electron chi connectivity index (χ0n) is 8.21. The summed E-state index contributed by atoms with van der Waals surface area (Å²) in [5.74, 6) is 1.62. The van der Waals surface area contributed by atoms with E-state index in [2.05, 4.69) is 50.9 Å². The van der Waals surface area contributed by atoms with Gasteiger partial charge in [-0.2, -0.15) is 0 Å². The summed E-state index contributed by atoms with van der Waals surface area (Å²) in [5, 5.41) is 0. The Morgan fingerprint density at radius 2 is 0.812 bits per heavy atom. The summed E-state index contributed by atoms with van der Waals surface area (Å²) < 4.78 is 30.0. The summed E-state index contributed by atoms with van der Waals surface area (Å²) in [6.07, 6.45) is 10.5. The molecule has 2 rings (SSSR count). The molecule has 2 bridgehead atoms. The topological polar surface area (TPSA) is 79.6 Å². The molecule has 0 N–H and O–H groups in total. The molecule has 2 aliphatic carbocycles. The van der Waals surface area contributed by atoms with Crippen LogP contribution in [0.25, 0.3) is 0 Å². The van der Waals surface area contributed by atoms with Crippen LogP contribution in [0.3, 0.4) is 0 Å². The van der Waals surface area contributed by atoms with Gasteiger partial charge < -0.3 is 0 Å². The van der Waals surface area contributed by atoms with Gasteiger partial charge >= 0.3 is 45.2 Å². The fraction of sp³-hybridized carbons (Fsp3) is 0.273. The van der Waals surface area contributed by atoms with Crippen molar-refractivity contribution in [3.8, 4) is 0 Å². The van der Waals surface area contributed by atoms with Crippen molar-refractivity contribution in [1.29, 1.82) is 0 Å². The van der Waals surface area contributed by atoms with E-state index in [4.69, 9.17) is 18.6 Å². The van der Waals surface area contributed by atoms with Crippen LogP contribution in [0.15, 0.2) is 24.3 Å². The molecule has 0 aromatic carbocycles. The molecule has 0 heterocycles. The van der Waals surface area contributed by atoms with Gasteiger partial charge in [-0.05, 0) is 18.3 Å². The summed E-state index contributed by atoms with van der Waals surface area (Å²) >= 11 is 0. The van der Waals surface area contributed by atoms with Crippen LogP contribution >= 0.6 is 0 Å². The molecular formula is C11H8O4W. The monoisotopic (exact) mass is 388 g/mol. The van der Waals surface area contributed by atoms with E-state index >= 15 is 0 Å². The van der Waals surface area contributed by atoms with Gasteiger partial charge in [-0.25, -0.2) is 0 Å². The standard InChI is InChI=1S/C7H8.4CO.W/c1-2-7-4-3-6(1)5-7;4*1-2;/h1-4,6-7H,5H2;;;;;. The van der Waals surface area contributed by atoms with Gasteiger partial charge in [0.25, 0.3) is 0 Å². The van der Waals surface area contributed by atoms with Crippen molar-refractivity contribution >= 4 is 0 Å². The molecule has 0 saturated carbocycles. The molecule has 16 heavy (non-hydrogen) atoms. The summed E-state index contributed by atoms with van der Waals surface area (Å²) in [5.41, 5.74) is 0. The van der Waals surface area contributed by atoms with Crippen LogP contribution in [0, 0.1) is 38.4 Å². The Morgan fingerprint density at radius 1 is 0.625 bits per heavy atom. The molecule has 2 aliphatic rings. The summed E-state index contributed by atoms with van der Waals surface area (Å²) in [4.78, 5) is 0. The van der Waals surface area contributed by atoms with E-state index in [1.165, 1.54) is 6.42 Å². The molecule has 0 saturated heterocycles. The maximum atomic E-state index is 7.50. The molecule has 0 radical (unpaired) electrons. The number of fused-ring (bicyclic) bond motifs is 2. The first-order valence-corrected chi connectivity index (χ1v) is 3.63. The number of hydrogen-bond donors (Lipinski definition) is 0. The van der Waals surface area contributed by atoms with Crippen molar-refractivity contribution in [2.75, 3.05) is 0 Å². The van der Waals surface area contributed by atoms with Gasteiger partial charge in [0, 0.05) is 21.1 Å². The second kappa shape index (κ2) is 23.7. The van der Waals surface area contributed by atoms with Crippen LogP contribution < -0.4 is 0 Å². The largest absolute Gasteiger partial charge is 0 e. The van der Waals surface area contributed by atoms with Crippen molar-refractivity contribution in [1.82, 2.24) is 0 Å². The predicted octanol–water partition coefficient (Wildman–Crippen LogP) is 1.60. The molecule has 0 aliphatic heterocycles. The molecule has 0 aromatic heterocycles. The first kappa shape index (κ1) is 24.4. The van der Waals surface area contributed by atoms with Crippen molar-refractivity contribution in [2.45, 2.75) is 6.42 Å². The van der Waals surface area contributed by atoms with E-state index in [9.17, 15) is 0 Å². The number of hydrogen-bond acceptors (Lipinski definition) is 0. The minimum Gasteiger partial charge on any atom is 0 e. The average molecular weight is 388 g/mol. The third kappa shape index (κ3) is 11.2. The van der Waals surface area contributed by atoms with Gasteiger partial charge in [0.05, 0.1) is 0 Å². The van der Waals surface area contributed by atoms with Gasteiger partial charge in [0.2, 0.25) is 0 Å². The molecule has 0 unspecified atom stereocenters. The third-order valence-corrected chi connectivity index (χ3v) is 1.76. The average Bonchev–Trinajstić information content (AvgIpc) is 3.04. The summed E-state index contributed by atoms with van der Waals surface area (Å²) in [7, 11) is 0. The maximum absolute atomic E-state index is 7.50. The molecular weight excluding hydrogens is 380 g/mol. The Morgan fingerprint density at radius 3 is 0.875 bits per heavy atom. The number of allylic oxidation sites excluding steroid dienone is 4. The minimum atomic E-state index is 0. The SMILES string of the molecule is C1=CC2C=CC1C2.[C-]#[O+].[C-]#[O+].[C-]#[O+].[C-]#[O+].[W].